The van der Waals surface area contributed by atoms with E-state index in [9.17, 15) is 0 Å². The van der Waals surface area contributed by atoms with E-state index in [1.165, 1.54) is 26.6 Å². The Hall–Kier alpha value is -0.640. The first kappa shape index (κ1) is 12.8. The van der Waals surface area contributed by atoms with Gasteiger partial charge < -0.3 is 5.32 Å². The Kier molecular flexibility index (Phi) is 4.37. The highest BCUT2D eigenvalue weighted by molar-refractivity contribution is 7.13. The second-order valence-electron chi connectivity index (χ2n) is 4.29. The highest BCUT2D eigenvalue weighted by Crippen LogP contribution is 2.32. The van der Waals surface area contributed by atoms with Crippen molar-refractivity contribution in [1.82, 2.24) is 5.32 Å². The van der Waals surface area contributed by atoms with E-state index in [0.717, 1.165) is 6.54 Å². The normalized spacial score (nSPS) is 12.9. The van der Waals surface area contributed by atoms with E-state index in [2.05, 4.69) is 49.7 Å². The lowest BCUT2D eigenvalue weighted by molar-refractivity contribution is 0.613. The smallest absolute Gasteiger partial charge is 0.0765 e. The summed E-state index contributed by atoms with van der Waals surface area (Å²) in [7, 11) is 0. The molecule has 0 spiro atoms. The topological polar surface area (TPSA) is 12.0 Å². The van der Waals surface area contributed by atoms with Crippen LogP contribution in [0.15, 0.2) is 23.6 Å². The van der Waals surface area contributed by atoms with Crippen LogP contribution in [0.4, 0.5) is 0 Å². The number of thiophene rings is 2. The summed E-state index contributed by atoms with van der Waals surface area (Å²) in [5, 5.41) is 5.81. The fraction of sp³-hybridized carbons (Fsp3) is 0.429. The summed E-state index contributed by atoms with van der Waals surface area (Å²) in [5.74, 6) is 0. The molecule has 2 aromatic rings. The molecule has 2 heterocycles. The van der Waals surface area contributed by atoms with E-state index in [4.69, 9.17) is 0 Å². The Labute approximate surface area is 112 Å². The standard InChI is InChI=1S/C14H19NS2/c1-4-7-15-14(12-6-5-8-16-12)13-9-10(2)11(3)17-13/h5-6,8-9,14-15H,4,7H2,1-3H3. The van der Waals surface area contributed by atoms with Gasteiger partial charge in [0, 0.05) is 14.6 Å². The summed E-state index contributed by atoms with van der Waals surface area (Å²) in [6, 6.07) is 7.07. The fourth-order valence-corrected chi connectivity index (χ4v) is 3.86. The number of aryl methyl sites for hydroxylation is 2. The summed E-state index contributed by atoms with van der Waals surface area (Å²) in [6.07, 6.45) is 1.17. The zero-order valence-corrected chi connectivity index (χ0v) is 12.3. The van der Waals surface area contributed by atoms with Gasteiger partial charge in [0.2, 0.25) is 0 Å². The molecule has 0 fully saturated rings. The number of nitrogens with one attached hydrogen (secondary N) is 1. The Morgan fingerprint density at radius 3 is 2.65 bits per heavy atom. The van der Waals surface area contributed by atoms with Gasteiger partial charge in [0.1, 0.15) is 0 Å². The van der Waals surface area contributed by atoms with Crippen LogP contribution < -0.4 is 5.32 Å². The van der Waals surface area contributed by atoms with Crippen LogP contribution in [0.3, 0.4) is 0 Å². The summed E-state index contributed by atoms with van der Waals surface area (Å²) in [5.41, 5.74) is 1.41. The lowest BCUT2D eigenvalue weighted by Crippen LogP contribution is -2.21. The molecule has 0 saturated heterocycles. The molecule has 0 bridgehead atoms. The van der Waals surface area contributed by atoms with E-state index < -0.39 is 0 Å². The lowest BCUT2D eigenvalue weighted by Gasteiger charge is -2.15. The summed E-state index contributed by atoms with van der Waals surface area (Å²) < 4.78 is 0. The van der Waals surface area contributed by atoms with E-state index in [1.54, 1.807) is 0 Å². The van der Waals surface area contributed by atoms with Crippen molar-refractivity contribution in [3.05, 3.63) is 43.8 Å². The van der Waals surface area contributed by atoms with Gasteiger partial charge in [-0.25, -0.2) is 0 Å². The Morgan fingerprint density at radius 1 is 1.29 bits per heavy atom. The molecule has 0 aliphatic carbocycles. The van der Waals surface area contributed by atoms with Crippen LogP contribution in [0.25, 0.3) is 0 Å². The van der Waals surface area contributed by atoms with Crippen LogP contribution in [0.2, 0.25) is 0 Å². The first-order chi connectivity index (χ1) is 8.22. The third-order valence-corrected chi connectivity index (χ3v) is 5.05. The third kappa shape index (κ3) is 2.97. The lowest BCUT2D eigenvalue weighted by atomic mass is 10.1. The predicted octanol–water partition coefficient (Wildman–Crippen LogP) is 4.52. The van der Waals surface area contributed by atoms with Crippen LogP contribution in [0.5, 0.6) is 0 Å². The zero-order chi connectivity index (χ0) is 12.3. The monoisotopic (exact) mass is 265 g/mol. The maximum Gasteiger partial charge on any atom is 0.0765 e. The van der Waals surface area contributed by atoms with E-state index in [-0.39, 0.29) is 0 Å². The highest BCUT2D eigenvalue weighted by Gasteiger charge is 2.16. The van der Waals surface area contributed by atoms with E-state index in [1.807, 2.05) is 22.7 Å². The van der Waals surface area contributed by atoms with Crippen molar-refractivity contribution in [2.45, 2.75) is 33.2 Å². The minimum Gasteiger partial charge on any atom is -0.305 e. The second kappa shape index (κ2) is 5.80. The average Bonchev–Trinajstić information content (AvgIpc) is 2.92. The Balaban J connectivity index is 2.26. The molecule has 0 radical (unpaired) electrons. The van der Waals surface area contributed by atoms with E-state index >= 15 is 0 Å². The molecule has 0 saturated carbocycles. The van der Waals surface area contributed by atoms with Crippen LogP contribution in [-0.2, 0) is 0 Å². The van der Waals surface area contributed by atoms with Crippen molar-refractivity contribution in [3.8, 4) is 0 Å². The Morgan fingerprint density at radius 2 is 2.12 bits per heavy atom. The van der Waals surface area contributed by atoms with E-state index in [0.29, 0.717) is 6.04 Å². The van der Waals surface area contributed by atoms with Crippen molar-refractivity contribution < 1.29 is 0 Å². The average molecular weight is 265 g/mol. The van der Waals surface area contributed by atoms with Gasteiger partial charge in [-0.2, -0.15) is 0 Å². The number of rotatable bonds is 5. The fourth-order valence-electron chi connectivity index (χ4n) is 1.83. The summed E-state index contributed by atoms with van der Waals surface area (Å²) >= 11 is 3.75. The van der Waals surface area contributed by atoms with Crippen LogP contribution in [0.1, 0.15) is 39.6 Å². The largest absolute Gasteiger partial charge is 0.305 e. The van der Waals surface area contributed by atoms with Crippen LogP contribution >= 0.6 is 22.7 Å². The molecule has 0 aliphatic heterocycles. The van der Waals surface area contributed by atoms with Crippen molar-refractivity contribution in [3.63, 3.8) is 0 Å². The van der Waals surface area contributed by atoms with Gasteiger partial charge in [0.15, 0.2) is 0 Å². The SMILES string of the molecule is CCCNC(c1cccs1)c1cc(C)c(C)s1. The molecule has 3 heteroatoms. The third-order valence-electron chi connectivity index (χ3n) is 2.90. The van der Waals surface area contributed by atoms with Gasteiger partial charge in [-0.15, -0.1) is 22.7 Å². The van der Waals surface area contributed by atoms with Crippen molar-refractivity contribution >= 4 is 22.7 Å². The van der Waals surface area contributed by atoms with Crippen molar-refractivity contribution in [1.29, 1.82) is 0 Å². The van der Waals surface area contributed by atoms with Gasteiger partial charge in [-0.3, -0.25) is 0 Å². The molecule has 17 heavy (non-hydrogen) atoms. The second-order valence-corrected chi connectivity index (χ2v) is 6.56. The first-order valence-corrected chi connectivity index (χ1v) is 7.75. The van der Waals surface area contributed by atoms with Gasteiger partial charge in [-0.1, -0.05) is 13.0 Å². The molecular weight excluding hydrogens is 246 g/mol. The van der Waals surface area contributed by atoms with Gasteiger partial charge in [0.25, 0.3) is 0 Å². The minimum atomic E-state index is 0.382. The molecule has 1 unspecified atom stereocenters. The van der Waals surface area contributed by atoms with Crippen molar-refractivity contribution in [2.24, 2.45) is 0 Å². The molecular formula is C14H19NS2. The molecule has 1 atom stereocenters. The van der Waals surface area contributed by atoms with Crippen molar-refractivity contribution in [2.75, 3.05) is 6.54 Å². The number of hydrogen-bond acceptors (Lipinski definition) is 3. The van der Waals surface area contributed by atoms with Gasteiger partial charge in [-0.05, 0) is 49.9 Å². The quantitative estimate of drug-likeness (QED) is 0.838. The summed E-state index contributed by atoms with van der Waals surface area (Å²) in [6.45, 7) is 7.68. The maximum absolute atomic E-state index is 3.65. The van der Waals surface area contributed by atoms with Gasteiger partial charge >= 0.3 is 0 Å². The zero-order valence-electron chi connectivity index (χ0n) is 10.6. The molecule has 0 aliphatic rings. The first-order valence-electron chi connectivity index (χ1n) is 6.06. The molecule has 2 aromatic heterocycles. The minimum absolute atomic E-state index is 0.382. The molecule has 1 nitrogen and oxygen atoms in total. The van der Waals surface area contributed by atoms with Crippen LogP contribution in [0, 0.1) is 13.8 Å². The van der Waals surface area contributed by atoms with Crippen LogP contribution in [-0.4, -0.2) is 6.54 Å². The van der Waals surface area contributed by atoms with Gasteiger partial charge in [0.05, 0.1) is 6.04 Å². The highest BCUT2D eigenvalue weighted by atomic mass is 32.1. The molecule has 0 amide bonds. The molecule has 0 aromatic carbocycles. The predicted molar refractivity (Wildman–Crippen MR) is 78.2 cm³/mol. The molecule has 1 N–H and O–H groups in total. The molecule has 92 valence electrons. The molecule has 2 rings (SSSR count). The Bertz CT molecular complexity index is 437. The summed E-state index contributed by atoms with van der Waals surface area (Å²) in [4.78, 5) is 4.29. The number of hydrogen-bond donors (Lipinski definition) is 1. The maximum atomic E-state index is 3.65.